The molecule has 0 aromatic rings. The maximum Gasteiger partial charge on any atom is 0.472 e. The summed E-state index contributed by atoms with van der Waals surface area (Å²) in [5, 5.41) is 0. The topological polar surface area (TPSA) is 74.2 Å². The van der Waals surface area contributed by atoms with Crippen LogP contribution in [-0.2, 0) is 23.1 Å². The van der Waals surface area contributed by atoms with Crippen molar-refractivity contribution in [3.8, 4) is 0 Å². The van der Waals surface area contributed by atoms with Crippen LogP contribution < -0.4 is 0 Å². The van der Waals surface area contributed by atoms with E-state index in [4.69, 9.17) is 26.7 Å². The third-order valence-electron chi connectivity index (χ3n) is 2.06. The highest BCUT2D eigenvalue weighted by Crippen LogP contribution is 2.46. The van der Waals surface area contributed by atoms with Gasteiger partial charge in [0.05, 0.1) is 12.7 Å². The summed E-state index contributed by atoms with van der Waals surface area (Å²) in [7, 11) is 4.13. The van der Waals surface area contributed by atoms with Crippen molar-refractivity contribution in [2.45, 2.75) is 24.6 Å². The Morgan fingerprint density at radius 2 is 2.27 bits per heavy atom. The van der Waals surface area contributed by atoms with Crippen molar-refractivity contribution >= 4 is 15.7 Å². The standard InChI is InChI=1S/C7H14BO6P/c1-11-4-6-5(3-7(8)13-6)14-15(9,10)12-2/h5-7H,3-4H2,1-2H3,(H,9,10)/t5-,6-,7-/m1/s1. The Morgan fingerprint density at radius 1 is 1.60 bits per heavy atom. The summed E-state index contributed by atoms with van der Waals surface area (Å²) in [6.07, 6.45) is -0.696. The number of hydrogen-bond acceptors (Lipinski definition) is 5. The second-order valence-corrected chi connectivity index (χ2v) is 4.71. The first kappa shape index (κ1) is 13.2. The highest BCUT2D eigenvalue weighted by atomic mass is 31.2. The van der Waals surface area contributed by atoms with Crippen molar-refractivity contribution < 1.29 is 28.0 Å². The molecule has 0 aromatic carbocycles. The second kappa shape index (κ2) is 5.43. The predicted molar refractivity (Wildman–Crippen MR) is 52.6 cm³/mol. The predicted octanol–water partition coefficient (Wildman–Crippen LogP) is 0.0483. The van der Waals surface area contributed by atoms with Gasteiger partial charge in [0.15, 0.2) is 0 Å². The van der Waals surface area contributed by atoms with Gasteiger partial charge in [0, 0.05) is 20.2 Å². The van der Waals surface area contributed by atoms with Crippen molar-refractivity contribution in [2.75, 3.05) is 20.8 Å². The minimum Gasteiger partial charge on any atom is -0.382 e. The van der Waals surface area contributed by atoms with Crippen LogP contribution in [0.3, 0.4) is 0 Å². The molecule has 1 rings (SSSR count). The minimum atomic E-state index is -4.00. The molecule has 1 aliphatic rings. The molecule has 15 heavy (non-hydrogen) atoms. The van der Waals surface area contributed by atoms with E-state index in [-0.39, 0.29) is 6.61 Å². The summed E-state index contributed by atoms with van der Waals surface area (Å²) in [6, 6.07) is -0.507. The molecule has 86 valence electrons. The van der Waals surface area contributed by atoms with E-state index in [1.165, 1.54) is 7.11 Å². The van der Waals surface area contributed by atoms with Crippen LogP contribution in [0.5, 0.6) is 0 Å². The molecular formula is C7H14BO6P. The Morgan fingerprint density at radius 3 is 2.80 bits per heavy atom. The summed E-state index contributed by atoms with van der Waals surface area (Å²) in [6.45, 7) is 0.252. The maximum absolute atomic E-state index is 11.2. The molecule has 2 radical (unpaired) electrons. The van der Waals surface area contributed by atoms with Gasteiger partial charge in [-0.2, -0.15) is 0 Å². The molecule has 0 spiro atoms. The van der Waals surface area contributed by atoms with E-state index in [1.54, 1.807) is 0 Å². The molecule has 1 unspecified atom stereocenters. The average molecular weight is 236 g/mol. The van der Waals surface area contributed by atoms with Crippen LogP contribution in [0.15, 0.2) is 0 Å². The van der Waals surface area contributed by atoms with Gasteiger partial charge in [-0.25, -0.2) is 4.57 Å². The number of phosphoric acid groups is 1. The van der Waals surface area contributed by atoms with Crippen LogP contribution in [-0.4, -0.2) is 51.8 Å². The smallest absolute Gasteiger partial charge is 0.382 e. The first-order valence-electron chi connectivity index (χ1n) is 4.45. The lowest BCUT2D eigenvalue weighted by Crippen LogP contribution is -2.28. The molecule has 1 aliphatic heterocycles. The van der Waals surface area contributed by atoms with Crippen molar-refractivity contribution in [1.29, 1.82) is 0 Å². The van der Waals surface area contributed by atoms with Crippen molar-refractivity contribution in [1.82, 2.24) is 0 Å². The van der Waals surface area contributed by atoms with E-state index in [0.29, 0.717) is 6.42 Å². The Labute approximate surface area is 89.9 Å². The molecule has 0 aliphatic carbocycles. The molecule has 1 fully saturated rings. The molecular weight excluding hydrogens is 222 g/mol. The fourth-order valence-electron chi connectivity index (χ4n) is 1.38. The fourth-order valence-corrected chi connectivity index (χ4v) is 2.03. The van der Waals surface area contributed by atoms with Gasteiger partial charge in [0.1, 0.15) is 14.0 Å². The summed E-state index contributed by atoms with van der Waals surface area (Å²) < 4.78 is 30.5. The average Bonchev–Trinajstić information content (AvgIpc) is 2.47. The Hall–Kier alpha value is 0.0949. The second-order valence-electron chi connectivity index (χ2n) is 3.20. The zero-order chi connectivity index (χ0) is 11.5. The monoisotopic (exact) mass is 236 g/mol. The van der Waals surface area contributed by atoms with Crippen LogP contribution in [0.4, 0.5) is 0 Å². The van der Waals surface area contributed by atoms with E-state index in [1.807, 2.05) is 0 Å². The van der Waals surface area contributed by atoms with Crippen LogP contribution in [0.2, 0.25) is 0 Å². The SMILES string of the molecule is [B][C@H]1C[C@@H](OP(=O)(O)OC)[C@@H](COC)O1. The van der Waals surface area contributed by atoms with Crippen LogP contribution in [0, 0.1) is 0 Å². The molecule has 1 heterocycles. The van der Waals surface area contributed by atoms with Gasteiger partial charge in [-0.3, -0.25) is 9.05 Å². The largest absolute Gasteiger partial charge is 0.472 e. The third kappa shape index (κ3) is 3.87. The molecule has 0 bridgehead atoms. The summed E-state index contributed by atoms with van der Waals surface area (Å²) in [5.41, 5.74) is 0. The summed E-state index contributed by atoms with van der Waals surface area (Å²) in [4.78, 5) is 9.13. The van der Waals surface area contributed by atoms with Gasteiger partial charge in [-0.05, 0) is 6.42 Å². The van der Waals surface area contributed by atoms with Crippen LogP contribution >= 0.6 is 7.82 Å². The highest BCUT2D eigenvalue weighted by Gasteiger charge is 2.38. The number of rotatable bonds is 5. The Balaban J connectivity index is 2.55. The number of hydrogen-bond donors (Lipinski definition) is 1. The highest BCUT2D eigenvalue weighted by molar-refractivity contribution is 7.47. The van der Waals surface area contributed by atoms with Crippen LogP contribution in [0.25, 0.3) is 0 Å². The lowest BCUT2D eigenvalue weighted by atomic mass is 9.96. The van der Waals surface area contributed by atoms with E-state index >= 15 is 0 Å². The van der Waals surface area contributed by atoms with Gasteiger partial charge in [0.25, 0.3) is 0 Å². The van der Waals surface area contributed by atoms with E-state index in [0.717, 1.165) is 7.11 Å². The Bertz CT molecular complexity index is 250. The van der Waals surface area contributed by atoms with Crippen molar-refractivity contribution in [2.24, 2.45) is 0 Å². The van der Waals surface area contributed by atoms with E-state index < -0.39 is 26.0 Å². The minimum absolute atomic E-state index is 0.252. The molecule has 6 nitrogen and oxygen atoms in total. The normalized spacial score (nSPS) is 35.3. The van der Waals surface area contributed by atoms with Gasteiger partial charge in [-0.15, -0.1) is 0 Å². The van der Waals surface area contributed by atoms with Gasteiger partial charge >= 0.3 is 7.82 Å². The van der Waals surface area contributed by atoms with Crippen molar-refractivity contribution in [3.05, 3.63) is 0 Å². The molecule has 4 atom stereocenters. The molecule has 1 saturated heterocycles. The summed E-state index contributed by atoms with van der Waals surface area (Å²) in [5.74, 6) is 0. The molecule has 0 amide bonds. The third-order valence-corrected chi connectivity index (χ3v) is 3.06. The molecule has 1 N–H and O–H groups in total. The lowest BCUT2D eigenvalue weighted by Gasteiger charge is -2.19. The molecule has 0 saturated carbocycles. The first-order chi connectivity index (χ1) is 6.98. The van der Waals surface area contributed by atoms with Gasteiger partial charge < -0.3 is 14.4 Å². The number of phosphoric ester groups is 1. The zero-order valence-corrected chi connectivity index (χ0v) is 9.55. The van der Waals surface area contributed by atoms with Gasteiger partial charge in [0.2, 0.25) is 0 Å². The first-order valence-corrected chi connectivity index (χ1v) is 5.95. The van der Waals surface area contributed by atoms with Gasteiger partial charge in [-0.1, -0.05) is 0 Å². The fraction of sp³-hybridized carbons (Fsp3) is 1.00. The maximum atomic E-state index is 11.2. The van der Waals surface area contributed by atoms with Crippen LogP contribution in [0.1, 0.15) is 6.42 Å². The molecule has 0 aromatic heterocycles. The number of methoxy groups -OCH3 is 1. The quantitative estimate of drug-likeness (QED) is 0.536. The zero-order valence-electron chi connectivity index (χ0n) is 8.66. The molecule has 8 heteroatoms. The number of ether oxygens (including phenoxy) is 2. The van der Waals surface area contributed by atoms with Crippen molar-refractivity contribution in [3.63, 3.8) is 0 Å². The van der Waals surface area contributed by atoms with E-state index in [2.05, 4.69) is 4.52 Å². The summed E-state index contributed by atoms with van der Waals surface area (Å²) >= 11 is 0. The van der Waals surface area contributed by atoms with E-state index in [9.17, 15) is 4.57 Å². The Kier molecular flexibility index (Phi) is 4.77. The lowest BCUT2D eigenvalue weighted by molar-refractivity contribution is -0.0183.